The van der Waals surface area contributed by atoms with Gasteiger partial charge >= 0.3 is 0 Å². The van der Waals surface area contributed by atoms with Crippen molar-refractivity contribution in [2.45, 2.75) is 64.2 Å². The minimum absolute atomic E-state index is 0. The highest BCUT2D eigenvalue weighted by molar-refractivity contribution is 14.0. The predicted molar refractivity (Wildman–Crippen MR) is 107 cm³/mol. The zero-order chi connectivity index (χ0) is 15.5. The molecule has 0 heterocycles. The van der Waals surface area contributed by atoms with E-state index in [0.29, 0.717) is 16.7 Å². The van der Waals surface area contributed by atoms with Crippen molar-refractivity contribution in [3.63, 3.8) is 0 Å². The molecule has 0 saturated heterocycles. The Morgan fingerprint density at radius 1 is 1.36 bits per heavy atom. The van der Waals surface area contributed by atoms with Crippen molar-refractivity contribution < 1.29 is 4.21 Å². The van der Waals surface area contributed by atoms with Crippen molar-refractivity contribution in [1.29, 1.82) is 0 Å². The van der Waals surface area contributed by atoms with E-state index in [1.165, 1.54) is 12.8 Å². The fourth-order valence-corrected chi connectivity index (χ4v) is 4.63. The van der Waals surface area contributed by atoms with Crippen LogP contribution in [0.25, 0.3) is 0 Å². The summed E-state index contributed by atoms with van der Waals surface area (Å²) in [6.45, 7) is 7.66. The summed E-state index contributed by atoms with van der Waals surface area (Å²) in [7, 11) is 1.17. The maximum atomic E-state index is 12.0. The molecule has 22 heavy (non-hydrogen) atoms. The van der Waals surface area contributed by atoms with Crippen LogP contribution in [0.5, 0.6) is 0 Å². The van der Waals surface area contributed by atoms with E-state index in [4.69, 9.17) is 0 Å². The number of nitrogens with zero attached hydrogens (tertiary/aromatic N) is 1. The molecule has 0 bridgehead atoms. The second-order valence-corrected chi connectivity index (χ2v) is 9.15. The van der Waals surface area contributed by atoms with Crippen molar-refractivity contribution in [3.05, 3.63) is 0 Å². The van der Waals surface area contributed by atoms with Crippen LogP contribution < -0.4 is 10.6 Å². The van der Waals surface area contributed by atoms with E-state index in [2.05, 4.69) is 29.5 Å². The van der Waals surface area contributed by atoms with Crippen molar-refractivity contribution >= 4 is 40.7 Å². The Bertz CT molecular complexity index is 414. The number of nitrogens with one attached hydrogen (secondary N) is 2. The van der Waals surface area contributed by atoms with Crippen molar-refractivity contribution in [2.24, 2.45) is 16.3 Å². The average molecular weight is 441 g/mol. The molecule has 2 saturated carbocycles. The van der Waals surface area contributed by atoms with Gasteiger partial charge in [0.15, 0.2) is 5.96 Å². The molecule has 0 aliphatic heterocycles. The first-order valence-electron chi connectivity index (χ1n) is 8.30. The predicted octanol–water partition coefficient (Wildman–Crippen LogP) is 2.90. The third-order valence-corrected chi connectivity index (χ3v) is 6.82. The Hall–Kier alpha value is 0.150. The lowest BCUT2D eigenvalue weighted by Crippen LogP contribution is -2.47. The van der Waals surface area contributed by atoms with Gasteiger partial charge < -0.3 is 10.6 Å². The molecule has 2 fully saturated rings. The maximum absolute atomic E-state index is 12.0. The lowest BCUT2D eigenvalue weighted by molar-refractivity contribution is 0.412. The maximum Gasteiger partial charge on any atom is 0.191 e. The molecule has 0 aromatic carbocycles. The first-order valence-corrected chi connectivity index (χ1v) is 9.69. The SMILES string of the molecule is CCS(=O)C1CCCC(NC(=NC)NCC2CC2(C)C)C1.I. The molecular formula is C16H32IN3OS. The van der Waals surface area contributed by atoms with Gasteiger partial charge in [-0.1, -0.05) is 27.2 Å². The van der Waals surface area contributed by atoms with E-state index < -0.39 is 10.8 Å². The molecule has 0 amide bonds. The molecule has 2 aliphatic carbocycles. The number of halogens is 1. The highest BCUT2D eigenvalue weighted by Crippen LogP contribution is 2.50. The second kappa shape index (κ2) is 8.85. The summed E-state index contributed by atoms with van der Waals surface area (Å²) in [6.07, 6.45) is 5.75. The van der Waals surface area contributed by atoms with E-state index >= 15 is 0 Å². The quantitative estimate of drug-likeness (QED) is 0.392. The number of aliphatic imine (C=N–C) groups is 1. The fraction of sp³-hybridized carbons (Fsp3) is 0.938. The molecule has 130 valence electrons. The van der Waals surface area contributed by atoms with Crippen LogP contribution in [-0.2, 0) is 10.8 Å². The topological polar surface area (TPSA) is 53.5 Å². The molecule has 2 rings (SSSR count). The smallest absolute Gasteiger partial charge is 0.191 e. The Morgan fingerprint density at radius 2 is 2.05 bits per heavy atom. The molecule has 0 radical (unpaired) electrons. The van der Waals surface area contributed by atoms with Crippen LogP contribution in [0.2, 0.25) is 0 Å². The number of hydrogen-bond donors (Lipinski definition) is 2. The molecule has 2 N–H and O–H groups in total. The summed E-state index contributed by atoms with van der Waals surface area (Å²) in [5.41, 5.74) is 0.500. The van der Waals surface area contributed by atoms with Crippen molar-refractivity contribution in [3.8, 4) is 0 Å². The second-order valence-electron chi connectivity index (χ2n) is 7.14. The number of guanidine groups is 1. The van der Waals surface area contributed by atoms with E-state index in [0.717, 1.165) is 43.4 Å². The summed E-state index contributed by atoms with van der Waals surface area (Å²) in [5, 5.41) is 7.35. The van der Waals surface area contributed by atoms with E-state index in [1.54, 1.807) is 0 Å². The molecular weight excluding hydrogens is 409 g/mol. The number of hydrogen-bond acceptors (Lipinski definition) is 2. The van der Waals surface area contributed by atoms with E-state index in [1.807, 2.05) is 14.0 Å². The highest BCUT2D eigenvalue weighted by atomic mass is 127. The number of rotatable bonds is 5. The van der Waals surface area contributed by atoms with E-state index in [9.17, 15) is 4.21 Å². The molecule has 4 nitrogen and oxygen atoms in total. The lowest BCUT2D eigenvalue weighted by Gasteiger charge is -2.30. The first kappa shape index (κ1) is 20.2. The summed E-state index contributed by atoms with van der Waals surface area (Å²) >= 11 is 0. The fourth-order valence-electron chi connectivity index (χ4n) is 3.28. The van der Waals surface area contributed by atoms with Gasteiger partial charge in [0, 0.05) is 41.4 Å². The Balaban J connectivity index is 0.00000242. The molecule has 6 heteroatoms. The van der Waals surface area contributed by atoms with Gasteiger partial charge in [-0.2, -0.15) is 0 Å². The van der Waals surface area contributed by atoms with Crippen molar-refractivity contribution in [1.82, 2.24) is 10.6 Å². The van der Waals surface area contributed by atoms with Crippen LogP contribution in [0.15, 0.2) is 4.99 Å². The lowest BCUT2D eigenvalue weighted by atomic mass is 9.95. The average Bonchev–Trinajstić information content (AvgIpc) is 3.10. The van der Waals surface area contributed by atoms with Gasteiger partial charge in [0.2, 0.25) is 0 Å². The standard InChI is InChI=1S/C16H31N3OS.HI/c1-5-21(20)14-8-6-7-13(9-14)19-15(17-4)18-11-12-10-16(12,2)3;/h12-14H,5-11H2,1-4H3,(H2,17,18,19);1H. The Kier molecular flexibility index (Phi) is 8.12. The van der Waals surface area contributed by atoms with Gasteiger partial charge in [-0.25, -0.2) is 0 Å². The Morgan fingerprint density at radius 3 is 2.59 bits per heavy atom. The minimum atomic E-state index is -0.663. The largest absolute Gasteiger partial charge is 0.356 e. The molecule has 0 spiro atoms. The van der Waals surface area contributed by atoms with Crippen LogP contribution in [0.3, 0.4) is 0 Å². The first-order chi connectivity index (χ1) is 9.96. The summed E-state index contributed by atoms with van der Waals surface area (Å²) in [4.78, 5) is 4.34. The third-order valence-electron chi connectivity index (χ3n) is 5.08. The van der Waals surface area contributed by atoms with Gasteiger partial charge in [-0.3, -0.25) is 9.20 Å². The monoisotopic (exact) mass is 441 g/mol. The zero-order valence-electron chi connectivity index (χ0n) is 14.4. The summed E-state index contributed by atoms with van der Waals surface area (Å²) < 4.78 is 12.0. The van der Waals surface area contributed by atoms with Crippen molar-refractivity contribution in [2.75, 3.05) is 19.3 Å². The van der Waals surface area contributed by atoms with Gasteiger partial charge in [0.1, 0.15) is 0 Å². The van der Waals surface area contributed by atoms with E-state index in [-0.39, 0.29) is 24.0 Å². The highest BCUT2D eigenvalue weighted by Gasteiger charge is 2.45. The zero-order valence-corrected chi connectivity index (χ0v) is 17.5. The molecule has 0 aromatic rings. The third kappa shape index (κ3) is 5.65. The molecule has 2 aliphatic rings. The normalized spacial score (nSPS) is 31.8. The minimum Gasteiger partial charge on any atom is -0.356 e. The van der Waals surface area contributed by atoms with Gasteiger partial charge in [0.25, 0.3) is 0 Å². The van der Waals surface area contributed by atoms with Crippen LogP contribution in [0.1, 0.15) is 52.9 Å². The molecule has 0 aromatic heterocycles. The van der Waals surface area contributed by atoms with Crippen LogP contribution >= 0.6 is 24.0 Å². The van der Waals surface area contributed by atoms with Crippen LogP contribution in [-0.4, -0.2) is 40.8 Å². The van der Waals surface area contributed by atoms with Crippen LogP contribution in [0, 0.1) is 11.3 Å². The Labute approximate surface area is 155 Å². The van der Waals surface area contributed by atoms with Gasteiger partial charge in [0.05, 0.1) is 0 Å². The summed E-state index contributed by atoms with van der Waals surface area (Å²) in [6, 6.07) is 0.415. The summed E-state index contributed by atoms with van der Waals surface area (Å²) in [5.74, 6) is 2.45. The molecule has 4 atom stereocenters. The molecule has 4 unspecified atom stereocenters. The van der Waals surface area contributed by atoms with Gasteiger partial charge in [-0.05, 0) is 37.0 Å². The van der Waals surface area contributed by atoms with Gasteiger partial charge in [-0.15, -0.1) is 24.0 Å². The van der Waals surface area contributed by atoms with Crippen LogP contribution in [0.4, 0.5) is 0 Å².